The van der Waals surface area contributed by atoms with Crippen molar-refractivity contribution in [2.45, 2.75) is 38.7 Å². The lowest BCUT2D eigenvalue weighted by Crippen LogP contribution is -2.31. The average Bonchev–Trinajstić information content (AvgIpc) is 2.86. The van der Waals surface area contributed by atoms with Crippen LogP contribution < -0.4 is 0 Å². The van der Waals surface area contributed by atoms with Gasteiger partial charge in [-0.15, -0.1) is 0 Å². The second-order valence-corrected chi connectivity index (χ2v) is 4.84. The van der Waals surface area contributed by atoms with Crippen molar-refractivity contribution in [2.24, 2.45) is 11.8 Å². The van der Waals surface area contributed by atoms with Gasteiger partial charge >= 0.3 is 0 Å². The molecule has 0 N–H and O–H groups in total. The Balaban J connectivity index is 1.90. The van der Waals surface area contributed by atoms with E-state index >= 15 is 0 Å². The van der Waals surface area contributed by atoms with Crippen LogP contribution in [-0.2, 0) is 9.47 Å². The van der Waals surface area contributed by atoms with Crippen LogP contribution in [0, 0.1) is 11.8 Å². The number of hydrogen-bond donors (Lipinski definition) is 0. The Bertz CT molecular complexity index is 167. The van der Waals surface area contributed by atoms with Gasteiger partial charge in [0.05, 0.1) is 12.2 Å². The van der Waals surface area contributed by atoms with Crippen molar-refractivity contribution in [3.63, 3.8) is 0 Å². The van der Waals surface area contributed by atoms with Gasteiger partial charge in [-0.3, -0.25) is 0 Å². The van der Waals surface area contributed by atoms with E-state index in [0.717, 1.165) is 31.7 Å². The number of rotatable bonds is 3. The second-order valence-electron chi connectivity index (χ2n) is 4.84. The molecule has 0 aromatic heterocycles. The van der Waals surface area contributed by atoms with Crippen LogP contribution in [0.3, 0.4) is 0 Å². The van der Waals surface area contributed by atoms with E-state index in [1.54, 1.807) is 0 Å². The largest absolute Gasteiger partial charge is 0.381 e. The first-order valence-corrected chi connectivity index (χ1v) is 5.45. The Morgan fingerprint density at radius 1 is 1.31 bits per heavy atom. The minimum absolute atomic E-state index is 0.262. The van der Waals surface area contributed by atoms with E-state index in [0.29, 0.717) is 0 Å². The molecule has 2 rings (SSSR count). The van der Waals surface area contributed by atoms with Crippen LogP contribution in [0.4, 0.5) is 0 Å². The average molecular weight is 184 g/mol. The summed E-state index contributed by atoms with van der Waals surface area (Å²) in [5.74, 6) is 1.52. The van der Waals surface area contributed by atoms with E-state index in [1.165, 1.54) is 19.3 Å². The Labute approximate surface area is 80.6 Å². The molecule has 0 amide bonds. The molecule has 0 saturated carbocycles. The number of ether oxygens (including phenoxy) is 2. The van der Waals surface area contributed by atoms with Gasteiger partial charge in [0.25, 0.3) is 0 Å². The minimum Gasteiger partial charge on any atom is -0.381 e. The third-order valence-corrected chi connectivity index (χ3v) is 3.23. The Morgan fingerprint density at radius 3 is 2.38 bits per heavy atom. The van der Waals surface area contributed by atoms with Gasteiger partial charge in [0.15, 0.2) is 0 Å². The van der Waals surface area contributed by atoms with Crippen molar-refractivity contribution < 1.29 is 9.47 Å². The van der Waals surface area contributed by atoms with E-state index in [-0.39, 0.29) is 5.60 Å². The fourth-order valence-corrected chi connectivity index (χ4v) is 2.53. The molecule has 2 fully saturated rings. The van der Waals surface area contributed by atoms with Crippen molar-refractivity contribution >= 4 is 0 Å². The molecule has 2 nitrogen and oxygen atoms in total. The highest BCUT2D eigenvalue weighted by Gasteiger charge is 2.51. The lowest BCUT2D eigenvalue weighted by molar-refractivity contribution is 0.0303. The van der Waals surface area contributed by atoms with E-state index in [2.05, 4.69) is 13.8 Å². The molecule has 13 heavy (non-hydrogen) atoms. The highest BCUT2D eigenvalue weighted by Crippen LogP contribution is 2.45. The SMILES string of the molecule is CC(C)CC1(C2CCOCC2)CO1. The van der Waals surface area contributed by atoms with E-state index in [9.17, 15) is 0 Å². The molecular weight excluding hydrogens is 164 g/mol. The summed E-state index contributed by atoms with van der Waals surface area (Å²) < 4.78 is 11.1. The van der Waals surface area contributed by atoms with Gasteiger partial charge in [0.2, 0.25) is 0 Å². The Kier molecular flexibility index (Phi) is 2.61. The molecule has 0 bridgehead atoms. The predicted molar refractivity (Wildman–Crippen MR) is 51.7 cm³/mol. The lowest BCUT2D eigenvalue weighted by atomic mass is 9.81. The van der Waals surface area contributed by atoms with Gasteiger partial charge in [0.1, 0.15) is 0 Å². The molecule has 76 valence electrons. The third-order valence-electron chi connectivity index (χ3n) is 3.23. The molecule has 2 saturated heterocycles. The predicted octanol–water partition coefficient (Wildman–Crippen LogP) is 2.23. The summed E-state index contributed by atoms with van der Waals surface area (Å²) in [7, 11) is 0. The van der Waals surface area contributed by atoms with Gasteiger partial charge < -0.3 is 9.47 Å². The lowest BCUT2D eigenvalue weighted by Gasteiger charge is -2.28. The molecule has 2 heterocycles. The van der Waals surface area contributed by atoms with Crippen LogP contribution in [0.1, 0.15) is 33.1 Å². The molecule has 0 radical (unpaired) electrons. The number of epoxide rings is 1. The fourth-order valence-electron chi connectivity index (χ4n) is 2.53. The van der Waals surface area contributed by atoms with Crippen LogP contribution in [0.5, 0.6) is 0 Å². The van der Waals surface area contributed by atoms with Crippen LogP contribution >= 0.6 is 0 Å². The zero-order valence-corrected chi connectivity index (χ0v) is 8.71. The summed E-state index contributed by atoms with van der Waals surface area (Å²) >= 11 is 0. The van der Waals surface area contributed by atoms with Gasteiger partial charge in [-0.2, -0.15) is 0 Å². The van der Waals surface area contributed by atoms with E-state index in [1.807, 2.05) is 0 Å². The van der Waals surface area contributed by atoms with Crippen molar-refractivity contribution in [1.29, 1.82) is 0 Å². The first-order chi connectivity index (χ1) is 6.23. The van der Waals surface area contributed by atoms with Crippen LogP contribution in [0.25, 0.3) is 0 Å². The van der Waals surface area contributed by atoms with Crippen molar-refractivity contribution in [2.75, 3.05) is 19.8 Å². The molecule has 0 aromatic rings. The first kappa shape index (κ1) is 9.47. The quantitative estimate of drug-likeness (QED) is 0.627. The molecule has 2 aliphatic heterocycles. The smallest absolute Gasteiger partial charge is 0.0948 e. The summed E-state index contributed by atoms with van der Waals surface area (Å²) in [6.45, 7) is 7.43. The van der Waals surface area contributed by atoms with Gasteiger partial charge in [-0.25, -0.2) is 0 Å². The van der Waals surface area contributed by atoms with Gasteiger partial charge in [-0.1, -0.05) is 13.8 Å². The summed E-state index contributed by atoms with van der Waals surface area (Å²) in [5, 5.41) is 0. The molecule has 1 unspecified atom stereocenters. The van der Waals surface area contributed by atoms with Crippen LogP contribution in [-0.4, -0.2) is 25.4 Å². The van der Waals surface area contributed by atoms with E-state index < -0.39 is 0 Å². The summed E-state index contributed by atoms with van der Waals surface area (Å²) in [4.78, 5) is 0. The van der Waals surface area contributed by atoms with Crippen LogP contribution in [0.2, 0.25) is 0 Å². The summed E-state index contributed by atoms with van der Waals surface area (Å²) in [6, 6.07) is 0. The molecule has 2 heteroatoms. The monoisotopic (exact) mass is 184 g/mol. The summed E-state index contributed by atoms with van der Waals surface area (Å²) in [5.41, 5.74) is 0.262. The maximum Gasteiger partial charge on any atom is 0.0948 e. The van der Waals surface area contributed by atoms with Gasteiger partial charge in [-0.05, 0) is 31.1 Å². The van der Waals surface area contributed by atoms with Crippen LogP contribution in [0.15, 0.2) is 0 Å². The first-order valence-electron chi connectivity index (χ1n) is 5.45. The van der Waals surface area contributed by atoms with Crippen molar-refractivity contribution in [1.82, 2.24) is 0 Å². The van der Waals surface area contributed by atoms with Gasteiger partial charge in [0, 0.05) is 13.2 Å². The summed E-state index contributed by atoms with van der Waals surface area (Å²) in [6.07, 6.45) is 3.64. The molecule has 0 aliphatic carbocycles. The van der Waals surface area contributed by atoms with E-state index in [4.69, 9.17) is 9.47 Å². The molecular formula is C11H20O2. The van der Waals surface area contributed by atoms with Crippen molar-refractivity contribution in [3.8, 4) is 0 Å². The normalized spacial score (nSPS) is 35.3. The fraction of sp³-hybridized carbons (Fsp3) is 1.00. The second kappa shape index (κ2) is 3.58. The standard InChI is InChI=1S/C11H20O2/c1-9(2)7-11(8-13-11)10-3-5-12-6-4-10/h9-10H,3-8H2,1-2H3. The highest BCUT2D eigenvalue weighted by atomic mass is 16.6. The zero-order valence-electron chi connectivity index (χ0n) is 8.71. The zero-order chi connectivity index (χ0) is 9.31. The maximum atomic E-state index is 5.69. The Morgan fingerprint density at radius 2 is 1.92 bits per heavy atom. The molecule has 2 aliphatic rings. The molecule has 0 spiro atoms. The molecule has 1 atom stereocenters. The third kappa shape index (κ3) is 2.05. The topological polar surface area (TPSA) is 21.8 Å². The number of hydrogen-bond acceptors (Lipinski definition) is 2. The molecule has 0 aromatic carbocycles. The van der Waals surface area contributed by atoms with Crippen molar-refractivity contribution in [3.05, 3.63) is 0 Å². The maximum absolute atomic E-state index is 5.69. The highest BCUT2D eigenvalue weighted by molar-refractivity contribution is 4.99. The minimum atomic E-state index is 0.262. The Hall–Kier alpha value is -0.0800.